The summed E-state index contributed by atoms with van der Waals surface area (Å²) in [6.07, 6.45) is 1.18. The average molecular weight is 297 g/mol. The Labute approximate surface area is 113 Å². The normalized spacial score (nSPS) is 23.8. The second-order valence-electron chi connectivity index (χ2n) is 5.43. The van der Waals surface area contributed by atoms with Crippen molar-refractivity contribution in [2.75, 3.05) is 18.0 Å². The monoisotopic (exact) mass is 296 g/mol. The van der Waals surface area contributed by atoms with Crippen LogP contribution in [0.25, 0.3) is 0 Å². The summed E-state index contributed by atoms with van der Waals surface area (Å²) in [6.45, 7) is 8.93. The van der Waals surface area contributed by atoms with Gasteiger partial charge in [-0.05, 0) is 44.5 Å². The molecule has 0 aliphatic carbocycles. The molecule has 1 aliphatic rings. The zero-order chi connectivity index (χ0) is 12.5. The van der Waals surface area contributed by atoms with Gasteiger partial charge in [-0.25, -0.2) is 0 Å². The number of rotatable bonds is 2. The fourth-order valence-corrected chi connectivity index (χ4v) is 2.68. The van der Waals surface area contributed by atoms with Gasteiger partial charge < -0.3 is 10.2 Å². The van der Waals surface area contributed by atoms with Crippen LogP contribution in [0.3, 0.4) is 0 Å². The molecule has 2 rings (SSSR count). The molecule has 1 unspecified atom stereocenters. The van der Waals surface area contributed by atoms with E-state index in [0.717, 1.165) is 17.6 Å². The highest BCUT2D eigenvalue weighted by Crippen LogP contribution is 2.26. The molecule has 1 heterocycles. The van der Waals surface area contributed by atoms with Crippen molar-refractivity contribution in [1.29, 1.82) is 0 Å². The summed E-state index contributed by atoms with van der Waals surface area (Å²) >= 11 is 3.49. The molecule has 1 aliphatic heterocycles. The molecule has 3 heteroatoms. The van der Waals surface area contributed by atoms with Gasteiger partial charge in [-0.3, -0.25) is 0 Å². The summed E-state index contributed by atoms with van der Waals surface area (Å²) in [6, 6.07) is 9.25. The minimum Gasteiger partial charge on any atom is -0.365 e. The highest BCUT2D eigenvalue weighted by atomic mass is 79.9. The molecule has 2 nitrogen and oxygen atoms in total. The second kappa shape index (κ2) is 4.99. The van der Waals surface area contributed by atoms with E-state index in [1.165, 1.54) is 12.1 Å². The minimum absolute atomic E-state index is 0.193. The molecule has 1 aromatic carbocycles. The number of hydrogen-bond acceptors (Lipinski definition) is 2. The number of halogens is 1. The second-order valence-corrected chi connectivity index (χ2v) is 6.35. The van der Waals surface area contributed by atoms with Crippen molar-refractivity contribution in [2.24, 2.45) is 0 Å². The van der Waals surface area contributed by atoms with Crippen molar-refractivity contribution in [3.63, 3.8) is 0 Å². The fourth-order valence-electron chi connectivity index (χ4n) is 2.41. The van der Waals surface area contributed by atoms with Gasteiger partial charge in [-0.1, -0.05) is 22.9 Å². The molecule has 0 spiro atoms. The Bertz CT molecular complexity index is 372. The Balaban J connectivity index is 2.23. The molecule has 1 N–H and O–H groups in total. The fraction of sp³-hybridized carbons (Fsp3) is 0.571. The Morgan fingerprint density at radius 3 is 2.59 bits per heavy atom. The number of nitrogens with zero attached hydrogens (tertiary/aromatic N) is 1. The third-order valence-corrected chi connectivity index (χ3v) is 3.98. The molecule has 0 saturated carbocycles. The quantitative estimate of drug-likeness (QED) is 0.900. The van der Waals surface area contributed by atoms with Gasteiger partial charge in [0.1, 0.15) is 0 Å². The first-order valence-electron chi connectivity index (χ1n) is 6.29. The smallest absolute Gasteiger partial charge is 0.0412 e. The van der Waals surface area contributed by atoms with Crippen molar-refractivity contribution in [3.05, 3.63) is 28.7 Å². The van der Waals surface area contributed by atoms with Crippen LogP contribution in [-0.4, -0.2) is 24.7 Å². The van der Waals surface area contributed by atoms with Gasteiger partial charge in [-0.2, -0.15) is 0 Å². The highest BCUT2D eigenvalue weighted by Gasteiger charge is 2.31. The molecule has 1 fully saturated rings. The maximum Gasteiger partial charge on any atom is 0.0412 e. The number of benzene rings is 1. The van der Waals surface area contributed by atoms with Crippen LogP contribution in [0, 0.1) is 0 Å². The highest BCUT2D eigenvalue weighted by molar-refractivity contribution is 9.10. The molecule has 0 aromatic heterocycles. The van der Waals surface area contributed by atoms with Crippen LogP contribution in [0.2, 0.25) is 0 Å². The van der Waals surface area contributed by atoms with Crippen LogP contribution in [0.15, 0.2) is 28.7 Å². The number of piperazine rings is 1. The van der Waals surface area contributed by atoms with Gasteiger partial charge in [0.2, 0.25) is 0 Å². The van der Waals surface area contributed by atoms with Gasteiger partial charge in [0.25, 0.3) is 0 Å². The average Bonchev–Trinajstić information content (AvgIpc) is 2.29. The molecule has 0 bridgehead atoms. The van der Waals surface area contributed by atoms with Crippen LogP contribution in [0.5, 0.6) is 0 Å². The summed E-state index contributed by atoms with van der Waals surface area (Å²) < 4.78 is 1.14. The van der Waals surface area contributed by atoms with E-state index >= 15 is 0 Å². The topological polar surface area (TPSA) is 15.3 Å². The van der Waals surface area contributed by atoms with Crippen LogP contribution in [-0.2, 0) is 0 Å². The van der Waals surface area contributed by atoms with Crippen molar-refractivity contribution in [3.8, 4) is 0 Å². The van der Waals surface area contributed by atoms with Gasteiger partial charge in [0.05, 0.1) is 0 Å². The molecule has 0 amide bonds. The van der Waals surface area contributed by atoms with Crippen molar-refractivity contribution < 1.29 is 0 Å². The molecule has 17 heavy (non-hydrogen) atoms. The third kappa shape index (κ3) is 3.02. The third-order valence-electron chi connectivity index (χ3n) is 3.45. The number of anilines is 1. The van der Waals surface area contributed by atoms with E-state index < -0.39 is 0 Å². The first kappa shape index (κ1) is 12.9. The van der Waals surface area contributed by atoms with E-state index in [1.807, 2.05) is 0 Å². The molecule has 0 radical (unpaired) electrons. The lowest BCUT2D eigenvalue weighted by molar-refractivity contribution is 0.306. The lowest BCUT2D eigenvalue weighted by Crippen LogP contribution is -2.61. The lowest BCUT2D eigenvalue weighted by atomic mass is 9.97. The Hall–Kier alpha value is -0.540. The van der Waals surface area contributed by atoms with Crippen molar-refractivity contribution in [1.82, 2.24) is 5.32 Å². The van der Waals surface area contributed by atoms with E-state index in [9.17, 15) is 0 Å². The maximum atomic E-state index is 3.62. The number of nitrogens with one attached hydrogen (secondary N) is 1. The molecular formula is C14H21BrN2. The minimum atomic E-state index is 0.193. The van der Waals surface area contributed by atoms with Crippen LogP contribution < -0.4 is 10.2 Å². The summed E-state index contributed by atoms with van der Waals surface area (Å²) in [5.41, 5.74) is 1.52. The maximum absolute atomic E-state index is 3.62. The molecule has 1 saturated heterocycles. The Morgan fingerprint density at radius 1 is 1.35 bits per heavy atom. The zero-order valence-electron chi connectivity index (χ0n) is 10.8. The SMILES string of the molecule is CCC1CNC(C)(C)CN1c1ccc(Br)cc1. The van der Waals surface area contributed by atoms with E-state index in [4.69, 9.17) is 0 Å². The van der Waals surface area contributed by atoms with Gasteiger partial charge in [0.15, 0.2) is 0 Å². The standard InChI is InChI=1S/C14H21BrN2/c1-4-12-9-16-14(2,3)10-17(12)13-7-5-11(15)6-8-13/h5-8,12,16H,4,9-10H2,1-3H3. The van der Waals surface area contributed by atoms with E-state index in [1.54, 1.807) is 0 Å². The van der Waals surface area contributed by atoms with Crippen molar-refractivity contribution >= 4 is 21.6 Å². The first-order valence-corrected chi connectivity index (χ1v) is 7.08. The largest absolute Gasteiger partial charge is 0.365 e. The van der Waals surface area contributed by atoms with Crippen LogP contribution in [0.1, 0.15) is 27.2 Å². The van der Waals surface area contributed by atoms with Gasteiger partial charge in [-0.15, -0.1) is 0 Å². The summed E-state index contributed by atoms with van der Waals surface area (Å²) in [4.78, 5) is 2.53. The Kier molecular flexibility index (Phi) is 3.79. The number of hydrogen-bond donors (Lipinski definition) is 1. The predicted molar refractivity (Wildman–Crippen MR) is 77.6 cm³/mol. The van der Waals surface area contributed by atoms with Crippen molar-refractivity contribution in [2.45, 2.75) is 38.8 Å². The zero-order valence-corrected chi connectivity index (χ0v) is 12.4. The molecule has 1 aromatic rings. The predicted octanol–water partition coefficient (Wildman–Crippen LogP) is 3.42. The van der Waals surface area contributed by atoms with E-state index in [2.05, 4.69) is 71.2 Å². The summed E-state index contributed by atoms with van der Waals surface area (Å²) in [7, 11) is 0. The molecule has 94 valence electrons. The molecule has 1 atom stereocenters. The first-order chi connectivity index (χ1) is 8.02. The lowest BCUT2D eigenvalue weighted by Gasteiger charge is -2.45. The van der Waals surface area contributed by atoms with E-state index in [0.29, 0.717) is 6.04 Å². The Morgan fingerprint density at radius 2 is 2.00 bits per heavy atom. The summed E-state index contributed by atoms with van der Waals surface area (Å²) in [5, 5.41) is 3.62. The summed E-state index contributed by atoms with van der Waals surface area (Å²) in [5.74, 6) is 0. The molecular weight excluding hydrogens is 276 g/mol. The van der Waals surface area contributed by atoms with Crippen LogP contribution >= 0.6 is 15.9 Å². The van der Waals surface area contributed by atoms with Crippen LogP contribution in [0.4, 0.5) is 5.69 Å². The van der Waals surface area contributed by atoms with Gasteiger partial charge in [0, 0.05) is 34.8 Å². The van der Waals surface area contributed by atoms with Gasteiger partial charge >= 0.3 is 0 Å². The van der Waals surface area contributed by atoms with E-state index in [-0.39, 0.29) is 5.54 Å².